The minimum absolute atomic E-state index is 0.0912. The maximum atomic E-state index is 4.49. The number of tetrazole rings is 1. The third kappa shape index (κ3) is 5.10. The van der Waals surface area contributed by atoms with E-state index in [0.29, 0.717) is 5.84 Å². The highest BCUT2D eigenvalue weighted by Gasteiger charge is 2.13. The van der Waals surface area contributed by atoms with Crippen molar-refractivity contribution in [3.8, 4) is 5.69 Å². The lowest BCUT2D eigenvalue weighted by Gasteiger charge is -2.19. The highest BCUT2D eigenvalue weighted by atomic mass is 15.6. The second-order valence-electron chi connectivity index (χ2n) is 8.17. The van der Waals surface area contributed by atoms with Gasteiger partial charge in [0.05, 0.1) is 11.4 Å². The fourth-order valence-corrected chi connectivity index (χ4v) is 2.97. The van der Waals surface area contributed by atoms with Gasteiger partial charge in [0.1, 0.15) is 0 Å². The molecule has 0 amide bonds. The maximum Gasteiger partial charge on any atom is 0.292 e. The minimum atomic E-state index is 0.0912. The Kier molecular flexibility index (Phi) is 6.12. The van der Waals surface area contributed by atoms with Crippen LogP contribution in [0.25, 0.3) is 5.69 Å². The first-order valence-electron chi connectivity index (χ1n) is 10.3. The van der Waals surface area contributed by atoms with Crippen LogP contribution >= 0.6 is 0 Å². The number of nitrogens with one attached hydrogen (secondary N) is 1. The molecule has 1 aromatic heterocycles. The highest BCUT2D eigenvalue weighted by molar-refractivity contribution is 5.99. The molecule has 0 saturated heterocycles. The first kappa shape index (κ1) is 21.0. The van der Waals surface area contributed by atoms with Crippen molar-refractivity contribution >= 4 is 17.5 Å². The molecule has 0 saturated carbocycles. The summed E-state index contributed by atoms with van der Waals surface area (Å²) < 4.78 is 1.52. The van der Waals surface area contributed by atoms with Gasteiger partial charge in [0.15, 0.2) is 0 Å². The van der Waals surface area contributed by atoms with Crippen LogP contribution in [-0.2, 0) is 5.41 Å². The van der Waals surface area contributed by atoms with Crippen molar-refractivity contribution in [1.29, 1.82) is 0 Å². The molecule has 3 aromatic carbocycles. The van der Waals surface area contributed by atoms with E-state index in [0.717, 1.165) is 16.9 Å². The van der Waals surface area contributed by atoms with Crippen LogP contribution in [0.5, 0.6) is 0 Å². The number of amidine groups is 1. The molecule has 0 fully saturated rings. The lowest BCUT2D eigenvalue weighted by atomic mass is 9.87. The fraction of sp³-hybridized carbons (Fsp3) is 0.167. The van der Waals surface area contributed by atoms with Crippen molar-refractivity contribution in [3.05, 3.63) is 96.1 Å². The van der Waals surface area contributed by atoms with Crippen molar-refractivity contribution in [2.75, 3.05) is 5.43 Å². The number of hydrazone groups is 1. The summed E-state index contributed by atoms with van der Waals surface area (Å²) in [5.74, 6) is 0.669. The Morgan fingerprint density at radius 1 is 0.844 bits per heavy atom. The van der Waals surface area contributed by atoms with Gasteiger partial charge in [-0.2, -0.15) is 9.78 Å². The van der Waals surface area contributed by atoms with Gasteiger partial charge in [-0.25, -0.2) is 0 Å². The molecule has 4 rings (SSSR count). The van der Waals surface area contributed by atoms with E-state index in [9.17, 15) is 0 Å². The van der Waals surface area contributed by atoms with Gasteiger partial charge in [0, 0.05) is 5.56 Å². The molecule has 8 nitrogen and oxygen atoms in total. The van der Waals surface area contributed by atoms with Crippen LogP contribution in [0, 0.1) is 0 Å². The summed E-state index contributed by atoms with van der Waals surface area (Å²) >= 11 is 0. The van der Waals surface area contributed by atoms with Gasteiger partial charge in [-0.05, 0) is 45.7 Å². The van der Waals surface area contributed by atoms with E-state index in [2.05, 4.69) is 69.2 Å². The van der Waals surface area contributed by atoms with E-state index < -0.39 is 0 Å². The Morgan fingerprint density at radius 2 is 1.50 bits per heavy atom. The zero-order valence-electron chi connectivity index (χ0n) is 18.2. The molecular weight excluding hydrogens is 400 g/mol. The topological polar surface area (TPSA) is 92.7 Å². The SMILES string of the molecule is CC(C)(C)c1ccc(N/N=C(\N=Nc2nnnn2-c2ccccc2)c2ccccc2)cc1. The second-order valence-corrected chi connectivity index (χ2v) is 8.17. The number of rotatable bonds is 5. The summed E-state index contributed by atoms with van der Waals surface area (Å²) in [6, 6.07) is 27.3. The molecule has 0 bridgehead atoms. The van der Waals surface area contributed by atoms with Gasteiger partial charge in [0.25, 0.3) is 5.95 Å². The highest BCUT2D eigenvalue weighted by Crippen LogP contribution is 2.23. The number of hydrogen-bond donors (Lipinski definition) is 1. The quantitative estimate of drug-likeness (QED) is 0.198. The van der Waals surface area contributed by atoms with Crippen LogP contribution in [0.1, 0.15) is 31.9 Å². The van der Waals surface area contributed by atoms with Crippen molar-refractivity contribution in [3.63, 3.8) is 0 Å². The molecule has 4 aromatic rings. The number of anilines is 1. The molecular formula is C24H24N8. The fourth-order valence-electron chi connectivity index (χ4n) is 2.97. The van der Waals surface area contributed by atoms with Gasteiger partial charge in [-0.1, -0.05) is 86.5 Å². The van der Waals surface area contributed by atoms with E-state index in [1.807, 2.05) is 72.8 Å². The van der Waals surface area contributed by atoms with E-state index >= 15 is 0 Å². The largest absolute Gasteiger partial charge is 0.292 e. The van der Waals surface area contributed by atoms with Crippen LogP contribution in [0.4, 0.5) is 11.6 Å². The zero-order chi connectivity index (χ0) is 22.4. The van der Waals surface area contributed by atoms with Crippen molar-refractivity contribution < 1.29 is 0 Å². The molecule has 0 aliphatic carbocycles. The molecule has 0 aliphatic heterocycles. The smallest absolute Gasteiger partial charge is 0.276 e. The van der Waals surface area contributed by atoms with E-state index in [-0.39, 0.29) is 11.4 Å². The molecule has 8 heteroatoms. The maximum absolute atomic E-state index is 4.49. The minimum Gasteiger partial charge on any atom is -0.276 e. The summed E-state index contributed by atoms with van der Waals surface area (Å²) in [5, 5.41) is 24.8. The number of azo groups is 1. The lowest BCUT2D eigenvalue weighted by molar-refractivity contribution is 0.590. The third-order valence-corrected chi connectivity index (χ3v) is 4.76. The van der Waals surface area contributed by atoms with Gasteiger partial charge in [-0.3, -0.25) is 5.43 Å². The van der Waals surface area contributed by atoms with Crippen molar-refractivity contribution in [2.24, 2.45) is 15.3 Å². The van der Waals surface area contributed by atoms with E-state index in [4.69, 9.17) is 0 Å². The molecule has 160 valence electrons. The zero-order valence-corrected chi connectivity index (χ0v) is 18.2. The molecule has 0 unspecified atom stereocenters. The Balaban J connectivity index is 1.61. The summed E-state index contributed by atoms with van der Waals surface area (Å²) in [5.41, 5.74) is 6.88. The number of hydrogen-bond acceptors (Lipinski definition) is 6. The first-order chi connectivity index (χ1) is 15.5. The summed E-state index contributed by atoms with van der Waals surface area (Å²) in [6.07, 6.45) is 0. The monoisotopic (exact) mass is 424 g/mol. The average molecular weight is 425 g/mol. The van der Waals surface area contributed by atoms with Crippen LogP contribution in [0.3, 0.4) is 0 Å². The Bertz CT molecular complexity index is 1200. The first-order valence-corrected chi connectivity index (χ1v) is 10.3. The normalized spacial score (nSPS) is 12.3. The van der Waals surface area contributed by atoms with Crippen LogP contribution < -0.4 is 5.43 Å². The summed E-state index contributed by atoms with van der Waals surface area (Å²) in [4.78, 5) is 0. The van der Waals surface area contributed by atoms with Crippen LogP contribution in [0.15, 0.2) is 100 Å². The third-order valence-electron chi connectivity index (χ3n) is 4.76. The molecule has 1 N–H and O–H groups in total. The molecule has 0 spiro atoms. The predicted molar refractivity (Wildman–Crippen MR) is 125 cm³/mol. The lowest BCUT2D eigenvalue weighted by Crippen LogP contribution is -2.10. The van der Waals surface area contributed by atoms with Crippen LogP contribution in [-0.4, -0.2) is 26.0 Å². The molecule has 32 heavy (non-hydrogen) atoms. The standard InChI is InChI=1S/C24H24N8/c1-24(2,3)19-14-16-20(17-15-19)25-26-22(18-10-6-4-7-11-18)27-28-23-29-30-31-32(23)21-12-8-5-9-13-21/h4-17,25H,1-3H3/b26-22-,28-27?. The van der Waals surface area contributed by atoms with Gasteiger partial charge < -0.3 is 0 Å². The number of nitrogens with zero attached hydrogens (tertiary/aromatic N) is 7. The molecule has 0 radical (unpaired) electrons. The average Bonchev–Trinajstić information content (AvgIpc) is 3.29. The number of benzene rings is 3. The van der Waals surface area contributed by atoms with Gasteiger partial charge in [-0.15, -0.1) is 10.2 Å². The van der Waals surface area contributed by atoms with E-state index in [1.165, 1.54) is 10.2 Å². The molecule has 0 atom stereocenters. The number of aromatic nitrogens is 4. The predicted octanol–water partition coefficient (Wildman–Crippen LogP) is 5.52. The summed E-state index contributed by atoms with van der Waals surface area (Å²) in [6.45, 7) is 6.56. The second kappa shape index (κ2) is 9.30. The van der Waals surface area contributed by atoms with Gasteiger partial charge >= 0.3 is 0 Å². The Labute approximate surface area is 186 Å². The van der Waals surface area contributed by atoms with E-state index in [1.54, 1.807) is 0 Å². The molecule has 0 aliphatic rings. The Hall–Kier alpha value is -4.20. The summed E-state index contributed by atoms with van der Waals surface area (Å²) in [7, 11) is 0. The molecule has 1 heterocycles. The Morgan fingerprint density at radius 3 is 2.16 bits per heavy atom. The van der Waals surface area contributed by atoms with Crippen molar-refractivity contribution in [1.82, 2.24) is 20.2 Å². The van der Waals surface area contributed by atoms with Crippen LogP contribution in [0.2, 0.25) is 0 Å². The van der Waals surface area contributed by atoms with Gasteiger partial charge in [0.2, 0.25) is 5.84 Å². The number of para-hydroxylation sites is 1. The van der Waals surface area contributed by atoms with Crippen molar-refractivity contribution in [2.45, 2.75) is 26.2 Å².